The molecule has 0 bridgehead atoms. The smallest absolute Gasteiger partial charge is 0.408 e. The summed E-state index contributed by atoms with van der Waals surface area (Å²) in [6.45, 7) is 1.51. The van der Waals surface area contributed by atoms with Gasteiger partial charge in [-0.25, -0.2) is 4.79 Å². The van der Waals surface area contributed by atoms with Crippen LogP contribution in [0.1, 0.15) is 21.7 Å². The van der Waals surface area contributed by atoms with Gasteiger partial charge in [0.1, 0.15) is 0 Å². The number of aromatic amines is 1. The number of H-pyrrole nitrogens is 1. The monoisotopic (exact) mass is 313 g/mol. The van der Waals surface area contributed by atoms with Crippen LogP contribution in [-0.2, 0) is 20.0 Å². The zero-order chi connectivity index (χ0) is 16.0. The number of carbonyl (C=O) groups is 1. The van der Waals surface area contributed by atoms with Crippen molar-refractivity contribution in [2.75, 3.05) is 11.9 Å². The number of carbonyl (C=O) groups excluding carboxylic acids is 1. The van der Waals surface area contributed by atoms with Crippen molar-refractivity contribution in [2.45, 2.75) is 13.0 Å². The molecule has 1 aliphatic rings. The Morgan fingerprint density at radius 3 is 3.17 bits per heavy atom. The van der Waals surface area contributed by atoms with Crippen LogP contribution >= 0.6 is 0 Å². The number of aryl methyl sites for hydroxylation is 1. The first kappa shape index (κ1) is 13.8. The Labute approximate surface area is 130 Å². The molecule has 3 aromatic rings. The Balaban J connectivity index is 1.65. The summed E-state index contributed by atoms with van der Waals surface area (Å²) < 4.78 is 6.47. The third-order valence-electron chi connectivity index (χ3n) is 4.07. The van der Waals surface area contributed by atoms with Crippen LogP contribution in [0.2, 0.25) is 0 Å². The normalized spacial score (nSPS) is 14.0. The summed E-state index contributed by atoms with van der Waals surface area (Å²) in [5, 5.41) is 13.1. The van der Waals surface area contributed by atoms with Crippen molar-refractivity contribution in [3.63, 3.8) is 0 Å². The van der Waals surface area contributed by atoms with Crippen LogP contribution in [0.4, 0.5) is 5.69 Å². The molecule has 1 amide bonds. The average molecular weight is 313 g/mol. The number of nitrogens with zero attached hydrogens (tertiary/aromatic N) is 2. The maximum Gasteiger partial charge on any atom is 0.419 e. The van der Waals surface area contributed by atoms with Gasteiger partial charge in [0, 0.05) is 43.5 Å². The van der Waals surface area contributed by atoms with E-state index in [1.165, 1.54) is 4.57 Å². The zero-order valence-electron chi connectivity index (χ0n) is 12.5. The second-order valence-corrected chi connectivity index (χ2v) is 5.52. The van der Waals surface area contributed by atoms with E-state index in [9.17, 15) is 9.59 Å². The summed E-state index contributed by atoms with van der Waals surface area (Å²) in [6, 6.07) is 5.06. The number of hydrogen-bond donors (Lipinski definition) is 3. The lowest BCUT2D eigenvalue weighted by Gasteiger charge is -2.12. The molecular formula is C15H15N5O3. The minimum absolute atomic E-state index is 0.279. The first-order valence-electron chi connectivity index (χ1n) is 7.31. The molecule has 1 aliphatic heterocycles. The van der Waals surface area contributed by atoms with E-state index >= 15 is 0 Å². The number of benzene rings is 1. The van der Waals surface area contributed by atoms with Crippen molar-refractivity contribution in [2.24, 2.45) is 7.05 Å². The van der Waals surface area contributed by atoms with E-state index in [0.29, 0.717) is 29.0 Å². The Bertz CT molecular complexity index is 965. The number of aromatic nitrogens is 3. The second-order valence-electron chi connectivity index (χ2n) is 5.52. The average Bonchev–Trinajstić information content (AvgIpc) is 3.10. The molecule has 0 fully saturated rings. The van der Waals surface area contributed by atoms with E-state index in [2.05, 4.69) is 20.8 Å². The Morgan fingerprint density at radius 2 is 2.30 bits per heavy atom. The fourth-order valence-electron chi connectivity index (χ4n) is 2.81. The van der Waals surface area contributed by atoms with Crippen LogP contribution < -0.4 is 16.4 Å². The standard InChI is InChI=1S/C15H15N5O3/c1-20-11-6-8(2-3-12(11)23-15(20)22)17-14(21)13-9-7-16-5-4-10(9)18-19-13/h2-3,6,16H,4-5,7H2,1H3,(H,17,21)(H,18,19). The van der Waals surface area contributed by atoms with Crippen LogP contribution in [-0.4, -0.2) is 27.2 Å². The van der Waals surface area contributed by atoms with Gasteiger partial charge < -0.3 is 15.1 Å². The highest BCUT2D eigenvalue weighted by molar-refractivity contribution is 6.04. The molecule has 0 radical (unpaired) electrons. The SMILES string of the molecule is Cn1c(=O)oc2ccc(NC(=O)c3n[nH]c4c3CNCC4)cc21. The van der Waals surface area contributed by atoms with E-state index in [-0.39, 0.29) is 5.91 Å². The van der Waals surface area contributed by atoms with Gasteiger partial charge in [-0.15, -0.1) is 0 Å². The van der Waals surface area contributed by atoms with Crippen LogP contribution in [0.25, 0.3) is 11.1 Å². The number of oxazole rings is 1. The topological polar surface area (TPSA) is 105 Å². The number of rotatable bonds is 2. The molecule has 4 rings (SSSR count). The quantitative estimate of drug-likeness (QED) is 0.647. The van der Waals surface area contributed by atoms with Gasteiger partial charge in [0.15, 0.2) is 11.3 Å². The van der Waals surface area contributed by atoms with Crippen LogP contribution in [0.15, 0.2) is 27.4 Å². The third kappa shape index (κ3) is 2.23. The summed E-state index contributed by atoms with van der Waals surface area (Å²) in [7, 11) is 1.62. The van der Waals surface area contributed by atoms with Gasteiger partial charge in [-0.2, -0.15) is 5.10 Å². The van der Waals surface area contributed by atoms with Crippen molar-refractivity contribution in [1.29, 1.82) is 0 Å². The summed E-state index contributed by atoms with van der Waals surface area (Å²) >= 11 is 0. The van der Waals surface area contributed by atoms with Gasteiger partial charge in [-0.05, 0) is 18.2 Å². The fraction of sp³-hybridized carbons (Fsp3) is 0.267. The molecule has 2 aromatic heterocycles. The highest BCUT2D eigenvalue weighted by atomic mass is 16.4. The molecule has 23 heavy (non-hydrogen) atoms. The van der Waals surface area contributed by atoms with E-state index in [1.807, 2.05) is 0 Å². The van der Waals surface area contributed by atoms with Crippen molar-refractivity contribution in [1.82, 2.24) is 20.1 Å². The van der Waals surface area contributed by atoms with Gasteiger partial charge in [0.25, 0.3) is 5.91 Å². The van der Waals surface area contributed by atoms with Crippen molar-refractivity contribution in [3.05, 3.63) is 45.7 Å². The van der Waals surface area contributed by atoms with Gasteiger partial charge in [0.2, 0.25) is 0 Å². The molecule has 0 saturated heterocycles. The molecule has 0 spiro atoms. The number of fused-ring (bicyclic) bond motifs is 2. The molecule has 3 heterocycles. The van der Waals surface area contributed by atoms with E-state index in [4.69, 9.17) is 4.42 Å². The van der Waals surface area contributed by atoms with Gasteiger partial charge in [-0.3, -0.25) is 14.5 Å². The zero-order valence-corrected chi connectivity index (χ0v) is 12.5. The molecule has 8 heteroatoms. The first-order chi connectivity index (χ1) is 11.1. The van der Waals surface area contributed by atoms with Crippen LogP contribution in [0.5, 0.6) is 0 Å². The number of anilines is 1. The summed E-state index contributed by atoms with van der Waals surface area (Å²) in [5.41, 5.74) is 4.00. The van der Waals surface area contributed by atoms with Gasteiger partial charge in [0.05, 0.1) is 5.52 Å². The molecule has 0 unspecified atom stereocenters. The Hall–Kier alpha value is -2.87. The Morgan fingerprint density at radius 1 is 1.43 bits per heavy atom. The molecule has 0 saturated carbocycles. The summed E-state index contributed by atoms with van der Waals surface area (Å²) in [6.07, 6.45) is 0.832. The van der Waals surface area contributed by atoms with Gasteiger partial charge in [-0.1, -0.05) is 0 Å². The predicted octanol–water partition coefficient (Wildman–Crippen LogP) is 0.753. The second kappa shape index (κ2) is 5.10. The van der Waals surface area contributed by atoms with Crippen LogP contribution in [0, 0.1) is 0 Å². The highest BCUT2D eigenvalue weighted by Gasteiger charge is 2.21. The van der Waals surface area contributed by atoms with E-state index in [1.54, 1.807) is 25.2 Å². The lowest BCUT2D eigenvalue weighted by atomic mass is 10.1. The maximum absolute atomic E-state index is 12.5. The lowest BCUT2D eigenvalue weighted by molar-refractivity contribution is 0.102. The first-order valence-corrected chi connectivity index (χ1v) is 7.31. The fourth-order valence-corrected chi connectivity index (χ4v) is 2.81. The van der Waals surface area contributed by atoms with Crippen molar-refractivity contribution >= 4 is 22.7 Å². The largest absolute Gasteiger partial charge is 0.419 e. The minimum Gasteiger partial charge on any atom is -0.408 e. The third-order valence-corrected chi connectivity index (χ3v) is 4.07. The molecular weight excluding hydrogens is 298 g/mol. The lowest BCUT2D eigenvalue weighted by Crippen LogP contribution is -2.25. The molecule has 118 valence electrons. The molecule has 0 aliphatic carbocycles. The summed E-state index contributed by atoms with van der Waals surface area (Å²) in [4.78, 5) is 24.0. The van der Waals surface area contributed by atoms with Crippen LogP contribution in [0.3, 0.4) is 0 Å². The van der Waals surface area contributed by atoms with Gasteiger partial charge >= 0.3 is 5.76 Å². The predicted molar refractivity (Wildman–Crippen MR) is 83.4 cm³/mol. The summed E-state index contributed by atoms with van der Waals surface area (Å²) in [5.74, 6) is -0.713. The molecule has 1 aromatic carbocycles. The molecule has 8 nitrogen and oxygen atoms in total. The minimum atomic E-state index is -0.434. The highest BCUT2D eigenvalue weighted by Crippen LogP contribution is 2.20. The number of nitrogens with one attached hydrogen (secondary N) is 3. The number of amides is 1. The maximum atomic E-state index is 12.5. The molecule has 3 N–H and O–H groups in total. The number of hydrogen-bond acceptors (Lipinski definition) is 5. The molecule has 0 atom stereocenters. The van der Waals surface area contributed by atoms with Crippen molar-refractivity contribution in [3.8, 4) is 0 Å². The van der Waals surface area contributed by atoms with E-state index in [0.717, 1.165) is 24.2 Å². The Kier molecular flexibility index (Phi) is 3.05. The van der Waals surface area contributed by atoms with E-state index < -0.39 is 5.76 Å². The van der Waals surface area contributed by atoms with Crippen molar-refractivity contribution < 1.29 is 9.21 Å².